The van der Waals surface area contributed by atoms with E-state index in [-0.39, 0.29) is 5.43 Å². The Hall–Kier alpha value is -1.29. The van der Waals surface area contributed by atoms with E-state index in [1.807, 2.05) is 18.2 Å². The maximum absolute atomic E-state index is 11.6. The first-order chi connectivity index (χ1) is 6.20. The van der Waals surface area contributed by atoms with Gasteiger partial charge in [-0.05, 0) is 28.1 Å². The highest BCUT2D eigenvalue weighted by Gasteiger charge is 2.05. The first kappa shape index (κ1) is 8.31. The van der Waals surface area contributed by atoms with Crippen molar-refractivity contribution in [2.75, 3.05) is 5.73 Å². The molecular weight excluding hydrogens is 232 g/mol. The molecule has 0 aliphatic carbocycles. The Morgan fingerprint density at radius 2 is 2.00 bits per heavy atom. The van der Waals surface area contributed by atoms with Crippen LogP contribution in [0.4, 0.5) is 5.82 Å². The van der Waals surface area contributed by atoms with Crippen molar-refractivity contribution in [1.82, 2.24) is 4.98 Å². The molecule has 13 heavy (non-hydrogen) atoms. The van der Waals surface area contributed by atoms with Crippen molar-refractivity contribution >= 4 is 32.7 Å². The summed E-state index contributed by atoms with van der Waals surface area (Å²) in [5.74, 6) is 0.365. The Balaban J connectivity index is 3.03. The average Bonchev–Trinajstić information content (AvgIpc) is 2.15. The number of anilines is 1. The second kappa shape index (κ2) is 2.88. The summed E-state index contributed by atoms with van der Waals surface area (Å²) in [5, 5.41) is 0.642. The van der Waals surface area contributed by atoms with Gasteiger partial charge in [-0.3, -0.25) is 4.79 Å². The number of nitrogen functional groups attached to an aromatic ring is 1. The van der Waals surface area contributed by atoms with Gasteiger partial charge in [0.05, 0.1) is 5.52 Å². The fourth-order valence-corrected chi connectivity index (χ4v) is 1.54. The molecule has 0 saturated carbocycles. The lowest BCUT2D eigenvalue weighted by Crippen LogP contribution is -2.07. The minimum absolute atomic E-state index is 0.0770. The largest absolute Gasteiger partial charge is 0.384 e. The van der Waals surface area contributed by atoms with E-state index in [1.54, 1.807) is 6.07 Å². The molecule has 0 bridgehead atoms. The molecule has 0 radical (unpaired) electrons. The van der Waals surface area contributed by atoms with Crippen molar-refractivity contribution in [3.63, 3.8) is 0 Å². The molecule has 2 aromatic rings. The summed E-state index contributed by atoms with van der Waals surface area (Å²) < 4.78 is 0.395. The van der Waals surface area contributed by atoms with Crippen LogP contribution in [-0.2, 0) is 0 Å². The summed E-state index contributed by atoms with van der Waals surface area (Å²) in [6, 6.07) is 7.25. The standard InChI is InChI=1S/C9H7BrN2O/c10-7-8(13)5-3-1-2-4-6(5)12-9(7)11/h1-4H,(H3,11,12,13). The van der Waals surface area contributed by atoms with Crippen LogP contribution in [0.5, 0.6) is 0 Å². The van der Waals surface area contributed by atoms with Gasteiger partial charge < -0.3 is 10.7 Å². The highest BCUT2D eigenvalue weighted by Crippen LogP contribution is 2.16. The molecule has 66 valence electrons. The van der Waals surface area contributed by atoms with E-state index in [0.29, 0.717) is 15.7 Å². The van der Waals surface area contributed by atoms with Crippen LogP contribution in [-0.4, -0.2) is 4.98 Å². The van der Waals surface area contributed by atoms with E-state index in [9.17, 15) is 4.79 Å². The molecule has 0 amide bonds. The Morgan fingerprint density at radius 3 is 2.77 bits per heavy atom. The molecule has 0 aliphatic rings. The molecule has 0 unspecified atom stereocenters. The predicted molar refractivity (Wildman–Crippen MR) is 56.7 cm³/mol. The molecule has 4 heteroatoms. The van der Waals surface area contributed by atoms with Gasteiger partial charge in [-0.2, -0.15) is 0 Å². The molecular formula is C9H7BrN2O. The van der Waals surface area contributed by atoms with Crippen molar-refractivity contribution in [2.24, 2.45) is 0 Å². The molecule has 2 rings (SSSR count). The van der Waals surface area contributed by atoms with Gasteiger partial charge in [0.2, 0.25) is 5.43 Å². The number of hydrogen-bond donors (Lipinski definition) is 2. The van der Waals surface area contributed by atoms with E-state index < -0.39 is 0 Å². The fraction of sp³-hybridized carbons (Fsp3) is 0. The molecule has 0 fully saturated rings. The maximum Gasteiger partial charge on any atom is 0.205 e. The summed E-state index contributed by atoms with van der Waals surface area (Å²) in [6.07, 6.45) is 0. The van der Waals surface area contributed by atoms with Crippen LogP contribution >= 0.6 is 15.9 Å². The van der Waals surface area contributed by atoms with Crippen LogP contribution < -0.4 is 11.2 Å². The first-order valence-corrected chi connectivity index (χ1v) is 4.55. The highest BCUT2D eigenvalue weighted by molar-refractivity contribution is 9.10. The third-order valence-electron chi connectivity index (χ3n) is 1.88. The Kier molecular flexibility index (Phi) is 1.84. The molecule has 0 atom stereocenters. The molecule has 0 aliphatic heterocycles. The highest BCUT2D eigenvalue weighted by atomic mass is 79.9. The number of aromatic amines is 1. The van der Waals surface area contributed by atoms with Crippen molar-refractivity contribution in [2.45, 2.75) is 0 Å². The summed E-state index contributed by atoms with van der Waals surface area (Å²) in [7, 11) is 0. The molecule has 1 aromatic carbocycles. The number of pyridine rings is 1. The molecule has 0 spiro atoms. The van der Waals surface area contributed by atoms with Gasteiger partial charge in [-0.1, -0.05) is 12.1 Å². The first-order valence-electron chi connectivity index (χ1n) is 3.76. The maximum atomic E-state index is 11.6. The average molecular weight is 239 g/mol. The van der Waals surface area contributed by atoms with Crippen LogP contribution in [0.3, 0.4) is 0 Å². The van der Waals surface area contributed by atoms with Crippen LogP contribution in [0, 0.1) is 0 Å². The lowest BCUT2D eigenvalue weighted by molar-refractivity contribution is 1.37. The van der Waals surface area contributed by atoms with Crippen LogP contribution in [0.25, 0.3) is 10.9 Å². The van der Waals surface area contributed by atoms with E-state index in [1.165, 1.54) is 0 Å². The SMILES string of the molecule is Nc1[nH]c2ccccc2c(=O)c1Br. The van der Waals surface area contributed by atoms with E-state index in [0.717, 1.165) is 5.52 Å². The van der Waals surface area contributed by atoms with E-state index >= 15 is 0 Å². The van der Waals surface area contributed by atoms with Crippen LogP contribution in [0.2, 0.25) is 0 Å². The number of rotatable bonds is 0. The van der Waals surface area contributed by atoms with Gasteiger partial charge in [0.15, 0.2) is 0 Å². The number of nitrogens with two attached hydrogens (primary N) is 1. The lowest BCUT2D eigenvalue weighted by atomic mass is 10.2. The normalized spacial score (nSPS) is 10.5. The Morgan fingerprint density at radius 1 is 1.31 bits per heavy atom. The second-order valence-corrected chi connectivity index (χ2v) is 3.52. The topological polar surface area (TPSA) is 58.9 Å². The third kappa shape index (κ3) is 1.23. The van der Waals surface area contributed by atoms with Crippen LogP contribution in [0.1, 0.15) is 0 Å². The number of halogens is 1. The Bertz CT molecular complexity index is 518. The van der Waals surface area contributed by atoms with E-state index in [2.05, 4.69) is 20.9 Å². The number of aromatic nitrogens is 1. The third-order valence-corrected chi connectivity index (χ3v) is 2.66. The van der Waals surface area contributed by atoms with Gasteiger partial charge in [-0.25, -0.2) is 0 Å². The van der Waals surface area contributed by atoms with Gasteiger partial charge in [0.25, 0.3) is 0 Å². The smallest absolute Gasteiger partial charge is 0.205 e. The predicted octanol–water partition coefficient (Wildman–Crippen LogP) is 1.87. The lowest BCUT2D eigenvalue weighted by Gasteiger charge is -2.01. The number of nitrogens with one attached hydrogen (secondary N) is 1. The quantitative estimate of drug-likeness (QED) is 0.737. The van der Waals surface area contributed by atoms with Crippen molar-refractivity contribution in [3.05, 3.63) is 39.0 Å². The zero-order valence-corrected chi connectivity index (χ0v) is 8.26. The molecule has 0 saturated heterocycles. The minimum Gasteiger partial charge on any atom is -0.384 e. The summed E-state index contributed by atoms with van der Waals surface area (Å²) in [6.45, 7) is 0. The monoisotopic (exact) mass is 238 g/mol. The zero-order valence-electron chi connectivity index (χ0n) is 6.67. The van der Waals surface area contributed by atoms with Crippen molar-refractivity contribution in [1.29, 1.82) is 0 Å². The zero-order chi connectivity index (χ0) is 9.42. The molecule has 3 nitrogen and oxygen atoms in total. The van der Waals surface area contributed by atoms with Crippen molar-refractivity contribution in [3.8, 4) is 0 Å². The summed E-state index contributed by atoms with van der Waals surface area (Å²) >= 11 is 3.13. The van der Waals surface area contributed by atoms with Gasteiger partial charge in [0, 0.05) is 5.39 Å². The summed E-state index contributed by atoms with van der Waals surface area (Å²) in [5.41, 5.74) is 6.26. The fourth-order valence-electron chi connectivity index (χ4n) is 1.23. The number of hydrogen-bond acceptors (Lipinski definition) is 2. The van der Waals surface area contributed by atoms with Crippen LogP contribution in [0.15, 0.2) is 33.5 Å². The second-order valence-electron chi connectivity index (χ2n) is 2.73. The van der Waals surface area contributed by atoms with Crippen molar-refractivity contribution < 1.29 is 0 Å². The molecule has 3 N–H and O–H groups in total. The molecule has 1 heterocycles. The minimum atomic E-state index is -0.0770. The van der Waals surface area contributed by atoms with Gasteiger partial charge >= 0.3 is 0 Å². The van der Waals surface area contributed by atoms with Gasteiger partial charge in [-0.15, -0.1) is 0 Å². The number of para-hydroxylation sites is 1. The van der Waals surface area contributed by atoms with Gasteiger partial charge in [0.1, 0.15) is 10.3 Å². The number of benzene rings is 1. The summed E-state index contributed by atoms with van der Waals surface area (Å²) in [4.78, 5) is 14.5. The number of fused-ring (bicyclic) bond motifs is 1. The van der Waals surface area contributed by atoms with E-state index in [4.69, 9.17) is 5.73 Å². The molecule has 1 aromatic heterocycles. The Labute approximate surface area is 82.7 Å². The number of H-pyrrole nitrogens is 1.